The molecule has 0 heterocycles. The summed E-state index contributed by atoms with van der Waals surface area (Å²) in [6.45, 7) is 2.42. The van der Waals surface area contributed by atoms with Gasteiger partial charge in [0.05, 0.1) is 15.2 Å². The molecule has 1 aliphatic carbocycles. The lowest BCUT2D eigenvalue weighted by Gasteiger charge is -2.25. The third-order valence-electron chi connectivity index (χ3n) is 6.24. The van der Waals surface area contributed by atoms with Crippen LogP contribution in [0.5, 0.6) is 0 Å². The zero-order valence-corrected chi connectivity index (χ0v) is 19.7. The van der Waals surface area contributed by atoms with Crippen LogP contribution < -0.4 is 11.1 Å². The van der Waals surface area contributed by atoms with Gasteiger partial charge in [-0.2, -0.15) is 0 Å². The number of amides is 1. The summed E-state index contributed by atoms with van der Waals surface area (Å²) in [5.41, 5.74) is 5.26. The summed E-state index contributed by atoms with van der Waals surface area (Å²) in [4.78, 5) is 12.5. The maximum absolute atomic E-state index is 13.7. The summed E-state index contributed by atoms with van der Waals surface area (Å²) in [5.74, 6) is -5.47. The third-order valence-corrected chi connectivity index (χ3v) is 9.12. The summed E-state index contributed by atoms with van der Waals surface area (Å²) >= 11 is 6.25. The van der Waals surface area contributed by atoms with Gasteiger partial charge in [0.25, 0.3) is 5.91 Å². The van der Waals surface area contributed by atoms with Gasteiger partial charge in [-0.25, -0.2) is 21.6 Å². The maximum Gasteiger partial charge on any atom is 0.255 e. The third kappa shape index (κ3) is 5.36. The maximum atomic E-state index is 13.7. The predicted octanol–water partition coefficient (Wildman–Crippen LogP) is 5.33. The van der Waals surface area contributed by atoms with E-state index in [1.807, 2.05) is 6.92 Å². The molecular formula is C23H26ClF3N2O3S. The quantitative estimate of drug-likeness (QED) is 0.478. The number of rotatable bonds is 8. The highest BCUT2D eigenvalue weighted by atomic mass is 35.5. The SMILES string of the molecule is CCC1CC[C@@H](CCCN)C1S(=O)(=O)c1cc(C(=O)Nc2cc(F)c(F)c(F)c2)ccc1Cl. The second kappa shape index (κ2) is 10.4. The topological polar surface area (TPSA) is 89.3 Å². The number of nitrogens with two attached hydrogens (primary N) is 1. The van der Waals surface area contributed by atoms with Crippen LogP contribution in [0.25, 0.3) is 0 Å². The van der Waals surface area contributed by atoms with Crippen molar-refractivity contribution in [3.63, 3.8) is 0 Å². The highest BCUT2D eigenvalue weighted by Gasteiger charge is 2.44. The van der Waals surface area contributed by atoms with Crippen LogP contribution in [0, 0.1) is 29.3 Å². The molecule has 3 atom stereocenters. The van der Waals surface area contributed by atoms with Crippen LogP contribution in [0.2, 0.25) is 5.02 Å². The van der Waals surface area contributed by atoms with Crippen molar-refractivity contribution in [3.05, 3.63) is 58.4 Å². The van der Waals surface area contributed by atoms with Gasteiger partial charge < -0.3 is 11.1 Å². The molecule has 3 N–H and O–H groups in total. The number of anilines is 1. The smallest absolute Gasteiger partial charge is 0.255 e. The van der Waals surface area contributed by atoms with Gasteiger partial charge >= 0.3 is 0 Å². The van der Waals surface area contributed by atoms with Crippen LogP contribution in [0.1, 0.15) is 49.4 Å². The number of nitrogens with one attached hydrogen (secondary N) is 1. The monoisotopic (exact) mass is 502 g/mol. The van der Waals surface area contributed by atoms with Crippen molar-refractivity contribution < 1.29 is 26.4 Å². The van der Waals surface area contributed by atoms with Gasteiger partial charge in [-0.05, 0) is 62.3 Å². The number of carbonyl (C=O) groups is 1. The number of carbonyl (C=O) groups excluding carboxylic acids is 1. The molecule has 33 heavy (non-hydrogen) atoms. The fourth-order valence-electron chi connectivity index (χ4n) is 4.61. The summed E-state index contributed by atoms with van der Waals surface area (Å²) < 4.78 is 67.4. The van der Waals surface area contributed by atoms with E-state index in [2.05, 4.69) is 5.32 Å². The highest BCUT2D eigenvalue weighted by molar-refractivity contribution is 7.92. The molecule has 0 spiro atoms. The van der Waals surface area contributed by atoms with E-state index in [9.17, 15) is 26.4 Å². The van der Waals surface area contributed by atoms with Crippen molar-refractivity contribution in [1.29, 1.82) is 0 Å². The predicted molar refractivity (Wildman–Crippen MR) is 121 cm³/mol. The van der Waals surface area contributed by atoms with E-state index in [4.69, 9.17) is 17.3 Å². The minimum absolute atomic E-state index is 0.00949. The molecule has 2 unspecified atom stereocenters. The Morgan fingerprint density at radius 2 is 1.76 bits per heavy atom. The summed E-state index contributed by atoms with van der Waals surface area (Å²) in [6.07, 6.45) is 3.67. The molecule has 3 rings (SSSR count). The van der Waals surface area contributed by atoms with E-state index in [0.29, 0.717) is 37.9 Å². The molecule has 0 aromatic heterocycles. The van der Waals surface area contributed by atoms with Gasteiger partial charge in [0.15, 0.2) is 27.3 Å². The Bertz CT molecular complexity index is 1120. The van der Waals surface area contributed by atoms with Gasteiger partial charge in [0.1, 0.15) is 0 Å². The lowest BCUT2D eigenvalue weighted by atomic mass is 9.98. The first kappa shape index (κ1) is 25.5. The molecule has 10 heteroatoms. The highest BCUT2D eigenvalue weighted by Crippen LogP contribution is 2.44. The van der Waals surface area contributed by atoms with Crippen molar-refractivity contribution >= 4 is 33.0 Å². The van der Waals surface area contributed by atoms with E-state index in [0.717, 1.165) is 12.8 Å². The lowest BCUT2D eigenvalue weighted by molar-refractivity contribution is 0.102. The number of hydrogen-bond donors (Lipinski definition) is 2. The van der Waals surface area contributed by atoms with Crippen LogP contribution in [-0.2, 0) is 9.84 Å². The molecule has 0 radical (unpaired) electrons. The first-order valence-electron chi connectivity index (χ1n) is 10.8. The molecule has 1 saturated carbocycles. The van der Waals surface area contributed by atoms with Gasteiger partial charge in [-0.15, -0.1) is 0 Å². The molecule has 2 aromatic rings. The Kier molecular flexibility index (Phi) is 8.08. The van der Waals surface area contributed by atoms with Crippen LogP contribution in [-0.4, -0.2) is 26.1 Å². The van der Waals surface area contributed by atoms with Crippen LogP contribution in [0.4, 0.5) is 18.9 Å². The first-order valence-corrected chi connectivity index (χ1v) is 12.7. The Morgan fingerprint density at radius 3 is 2.36 bits per heavy atom. The second-order valence-electron chi connectivity index (χ2n) is 8.30. The largest absolute Gasteiger partial charge is 0.330 e. The minimum atomic E-state index is -3.88. The summed E-state index contributed by atoms with van der Waals surface area (Å²) in [7, 11) is -3.88. The molecule has 180 valence electrons. The molecule has 0 saturated heterocycles. The van der Waals surface area contributed by atoms with Gasteiger partial charge in [0.2, 0.25) is 0 Å². The molecule has 1 aliphatic rings. The average molecular weight is 503 g/mol. The van der Waals surface area contributed by atoms with Crippen molar-refractivity contribution in [2.75, 3.05) is 11.9 Å². The molecular weight excluding hydrogens is 477 g/mol. The molecule has 5 nitrogen and oxygen atoms in total. The van der Waals surface area contributed by atoms with Crippen LogP contribution >= 0.6 is 11.6 Å². The molecule has 1 fully saturated rings. The van der Waals surface area contributed by atoms with Crippen molar-refractivity contribution in [2.45, 2.75) is 49.2 Å². The number of halogens is 4. The van der Waals surface area contributed by atoms with Gasteiger partial charge in [-0.3, -0.25) is 4.79 Å². The van der Waals surface area contributed by atoms with Crippen molar-refractivity contribution in [2.24, 2.45) is 17.6 Å². The van der Waals surface area contributed by atoms with Crippen LogP contribution in [0.15, 0.2) is 35.2 Å². The molecule has 1 amide bonds. The zero-order chi connectivity index (χ0) is 24.3. The lowest BCUT2D eigenvalue weighted by Crippen LogP contribution is -2.32. The Morgan fingerprint density at radius 1 is 1.12 bits per heavy atom. The molecule has 2 aromatic carbocycles. The average Bonchev–Trinajstić information content (AvgIpc) is 3.20. The first-order chi connectivity index (χ1) is 15.6. The van der Waals surface area contributed by atoms with Gasteiger partial charge in [-0.1, -0.05) is 24.9 Å². The number of benzene rings is 2. The summed E-state index contributed by atoms with van der Waals surface area (Å²) in [6, 6.07) is 5.06. The van der Waals surface area contributed by atoms with Gasteiger partial charge in [0, 0.05) is 23.4 Å². The molecule has 0 aliphatic heterocycles. The fourth-order valence-corrected chi connectivity index (χ4v) is 7.59. The van der Waals surface area contributed by atoms with E-state index < -0.39 is 38.4 Å². The van der Waals surface area contributed by atoms with Crippen molar-refractivity contribution in [3.8, 4) is 0 Å². The zero-order valence-electron chi connectivity index (χ0n) is 18.1. The van der Waals surface area contributed by atoms with Crippen LogP contribution in [0.3, 0.4) is 0 Å². The van der Waals surface area contributed by atoms with Crippen molar-refractivity contribution in [1.82, 2.24) is 0 Å². The Hall–Kier alpha value is -2.10. The van der Waals surface area contributed by atoms with E-state index in [1.165, 1.54) is 18.2 Å². The van der Waals surface area contributed by atoms with E-state index >= 15 is 0 Å². The van der Waals surface area contributed by atoms with E-state index in [1.54, 1.807) is 0 Å². The molecule has 0 bridgehead atoms. The number of sulfone groups is 1. The Labute approximate surface area is 196 Å². The minimum Gasteiger partial charge on any atom is -0.330 e. The van der Waals surface area contributed by atoms with E-state index in [-0.39, 0.29) is 33.0 Å². The second-order valence-corrected chi connectivity index (χ2v) is 10.8. The number of hydrogen-bond acceptors (Lipinski definition) is 4. The Balaban J connectivity index is 1.93. The summed E-state index contributed by atoms with van der Waals surface area (Å²) in [5, 5.41) is 1.61. The normalized spacial score (nSPS) is 20.7. The fraction of sp³-hybridized carbons (Fsp3) is 0.435. The standard InChI is InChI=1S/C23H26ClF3N2O3S/c1-2-13-5-6-14(4-3-9-28)22(13)33(31,32)20-10-15(7-8-17(20)24)23(30)29-16-11-18(25)21(27)19(26)12-16/h7-8,10-14,22H,2-6,9,28H2,1H3,(H,29,30)/t13?,14-,22?/m1/s1.